The Kier molecular flexibility index (Phi) is 4.61. The first kappa shape index (κ1) is 18.3. The fraction of sp³-hybridized carbons (Fsp3) is 0.0455. The standard InChI is InChI=1S/C22H16N6OS/c1-14-6-8-15(9-7-14)21(29)23-16-10-12-17(13-11-16)30-22-20-25-26-27-28(20)19-5-3-2-4-18(19)24-22/h2-13H,1H3,(H,23,29). The second kappa shape index (κ2) is 7.57. The highest BCUT2D eigenvalue weighted by Gasteiger charge is 2.13. The van der Waals surface area contributed by atoms with Gasteiger partial charge < -0.3 is 5.32 Å². The quantitative estimate of drug-likeness (QED) is 0.471. The van der Waals surface area contributed by atoms with Gasteiger partial charge in [-0.3, -0.25) is 4.79 Å². The highest BCUT2D eigenvalue weighted by molar-refractivity contribution is 7.99. The summed E-state index contributed by atoms with van der Waals surface area (Å²) in [5.41, 5.74) is 4.76. The van der Waals surface area contributed by atoms with Crippen LogP contribution >= 0.6 is 11.8 Å². The third-order valence-corrected chi connectivity index (χ3v) is 5.61. The summed E-state index contributed by atoms with van der Waals surface area (Å²) in [4.78, 5) is 18.1. The Balaban J connectivity index is 1.38. The van der Waals surface area contributed by atoms with E-state index in [0.717, 1.165) is 32.2 Å². The summed E-state index contributed by atoms with van der Waals surface area (Å²) in [5, 5.41) is 15.6. The number of benzene rings is 3. The van der Waals surface area contributed by atoms with Crippen molar-refractivity contribution in [3.05, 3.63) is 83.9 Å². The molecule has 1 amide bonds. The van der Waals surface area contributed by atoms with Crippen LogP contribution < -0.4 is 5.32 Å². The first-order valence-electron chi connectivity index (χ1n) is 9.30. The Morgan fingerprint density at radius 3 is 2.53 bits per heavy atom. The zero-order chi connectivity index (χ0) is 20.5. The van der Waals surface area contributed by atoms with E-state index in [9.17, 15) is 4.79 Å². The van der Waals surface area contributed by atoms with Crippen molar-refractivity contribution < 1.29 is 4.79 Å². The van der Waals surface area contributed by atoms with Gasteiger partial charge in [0.1, 0.15) is 5.03 Å². The maximum Gasteiger partial charge on any atom is 0.255 e. The van der Waals surface area contributed by atoms with Crippen LogP contribution in [-0.4, -0.2) is 30.9 Å². The summed E-state index contributed by atoms with van der Waals surface area (Å²) in [5.74, 6) is -0.136. The van der Waals surface area contributed by atoms with Gasteiger partial charge in [0.15, 0.2) is 0 Å². The Morgan fingerprint density at radius 2 is 1.73 bits per heavy atom. The maximum absolute atomic E-state index is 12.4. The van der Waals surface area contributed by atoms with Gasteiger partial charge in [-0.2, -0.15) is 4.52 Å². The molecule has 5 aromatic rings. The Labute approximate surface area is 176 Å². The molecule has 7 nitrogen and oxygen atoms in total. The number of carbonyl (C=O) groups excluding carboxylic acids is 1. The lowest BCUT2D eigenvalue weighted by Crippen LogP contribution is -2.11. The zero-order valence-electron chi connectivity index (χ0n) is 16.0. The van der Waals surface area contributed by atoms with E-state index in [1.54, 1.807) is 4.52 Å². The van der Waals surface area contributed by atoms with Crippen LogP contribution in [0.4, 0.5) is 5.69 Å². The molecule has 0 radical (unpaired) electrons. The Bertz CT molecular complexity index is 1360. The van der Waals surface area contributed by atoms with Gasteiger partial charge in [-0.15, -0.1) is 5.10 Å². The monoisotopic (exact) mass is 412 g/mol. The molecular weight excluding hydrogens is 396 g/mol. The number of hydrogen-bond acceptors (Lipinski definition) is 6. The molecule has 0 saturated heterocycles. The summed E-state index contributed by atoms with van der Waals surface area (Å²) in [7, 11) is 0. The molecular formula is C22H16N6OS. The van der Waals surface area contributed by atoms with Crippen molar-refractivity contribution in [2.45, 2.75) is 16.8 Å². The summed E-state index contributed by atoms with van der Waals surface area (Å²) >= 11 is 1.47. The van der Waals surface area contributed by atoms with Crippen molar-refractivity contribution in [3.8, 4) is 0 Å². The molecule has 30 heavy (non-hydrogen) atoms. The van der Waals surface area contributed by atoms with Crippen LogP contribution in [0, 0.1) is 6.92 Å². The third kappa shape index (κ3) is 3.48. The van der Waals surface area contributed by atoms with E-state index in [2.05, 4.69) is 20.8 Å². The molecule has 1 N–H and O–H groups in total. The zero-order valence-corrected chi connectivity index (χ0v) is 16.8. The number of nitrogens with one attached hydrogen (secondary N) is 1. The van der Waals surface area contributed by atoms with Gasteiger partial charge in [0.05, 0.1) is 11.0 Å². The molecule has 0 atom stereocenters. The minimum Gasteiger partial charge on any atom is -0.322 e. The van der Waals surface area contributed by atoms with Gasteiger partial charge in [-0.05, 0) is 65.9 Å². The summed E-state index contributed by atoms with van der Waals surface area (Å²) in [6.07, 6.45) is 0. The number of anilines is 1. The molecule has 0 spiro atoms. The smallest absolute Gasteiger partial charge is 0.255 e. The van der Waals surface area contributed by atoms with E-state index >= 15 is 0 Å². The maximum atomic E-state index is 12.4. The van der Waals surface area contributed by atoms with E-state index in [1.807, 2.05) is 79.7 Å². The number of aryl methyl sites for hydroxylation is 1. The average molecular weight is 412 g/mol. The van der Waals surface area contributed by atoms with Crippen molar-refractivity contribution in [2.24, 2.45) is 0 Å². The van der Waals surface area contributed by atoms with E-state index in [0.29, 0.717) is 11.2 Å². The number of fused-ring (bicyclic) bond motifs is 3. The SMILES string of the molecule is Cc1ccc(C(=O)Nc2ccc(Sc3nc4ccccc4n4nnnc34)cc2)cc1. The minimum atomic E-state index is -0.136. The number of tetrazole rings is 1. The number of rotatable bonds is 4. The van der Waals surface area contributed by atoms with Crippen LogP contribution in [0.25, 0.3) is 16.7 Å². The number of nitrogens with zero attached hydrogens (tertiary/aromatic N) is 5. The van der Waals surface area contributed by atoms with E-state index in [1.165, 1.54) is 11.8 Å². The van der Waals surface area contributed by atoms with E-state index < -0.39 is 0 Å². The van der Waals surface area contributed by atoms with Crippen LogP contribution in [0.1, 0.15) is 15.9 Å². The van der Waals surface area contributed by atoms with Crippen LogP contribution in [0.2, 0.25) is 0 Å². The van der Waals surface area contributed by atoms with Crippen LogP contribution in [0.5, 0.6) is 0 Å². The molecule has 0 fully saturated rings. The van der Waals surface area contributed by atoms with Crippen LogP contribution in [0.15, 0.2) is 82.7 Å². The predicted molar refractivity (Wildman–Crippen MR) is 116 cm³/mol. The highest BCUT2D eigenvalue weighted by atomic mass is 32.2. The van der Waals surface area contributed by atoms with Crippen LogP contribution in [-0.2, 0) is 0 Å². The van der Waals surface area contributed by atoms with Gasteiger partial charge in [-0.1, -0.05) is 41.6 Å². The third-order valence-electron chi connectivity index (χ3n) is 4.63. The molecule has 8 heteroatoms. The molecule has 2 heterocycles. The molecule has 0 saturated carbocycles. The first-order chi connectivity index (χ1) is 14.7. The van der Waals surface area contributed by atoms with Crippen molar-refractivity contribution in [2.75, 3.05) is 5.32 Å². The number of aromatic nitrogens is 5. The molecule has 2 aromatic heterocycles. The van der Waals surface area contributed by atoms with Gasteiger partial charge >= 0.3 is 0 Å². The largest absolute Gasteiger partial charge is 0.322 e. The van der Waals surface area contributed by atoms with Crippen LogP contribution in [0.3, 0.4) is 0 Å². The van der Waals surface area contributed by atoms with Gasteiger partial charge in [0.25, 0.3) is 5.91 Å². The van der Waals surface area contributed by atoms with E-state index in [4.69, 9.17) is 4.98 Å². The Hall–Kier alpha value is -3.78. The summed E-state index contributed by atoms with van der Waals surface area (Å²) in [6.45, 7) is 1.99. The van der Waals surface area contributed by atoms with Gasteiger partial charge in [0, 0.05) is 16.1 Å². The molecule has 146 valence electrons. The molecule has 0 aliphatic rings. The topological polar surface area (TPSA) is 85.1 Å². The lowest BCUT2D eigenvalue weighted by Gasteiger charge is -2.08. The van der Waals surface area contributed by atoms with Gasteiger partial charge in [-0.25, -0.2) is 4.98 Å². The van der Waals surface area contributed by atoms with Gasteiger partial charge in [0.2, 0.25) is 5.65 Å². The van der Waals surface area contributed by atoms with E-state index in [-0.39, 0.29) is 5.91 Å². The lowest BCUT2D eigenvalue weighted by atomic mass is 10.1. The molecule has 0 bridgehead atoms. The molecule has 0 unspecified atom stereocenters. The molecule has 3 aromatic carbocycles. The van der Waals surface area contributed by atoms with Crippen molar-refractivity contribution in [1.29, 1.82) is 0 Å². The number of carbonyl (C=O) groups is 1. The predicted octanol–water partition coefficient (Wildman–Crippen LogP) is 4.38. The highest BCUT2D eigenvalue weighted by Crippen LogP contribution is 2.31. The summed E-state index contributed by atoms with van der Waals surface area (Å²) < 4.78 is 1.70. The second-order valence-corrected chi connectivity index (χ2v) is 7.83. The summed E-state index contributed by atoms with van der Waals surface area (Å²) in [6, 6.07) is 22.8. The second-order valence-electron chi connectivity index (χ2n) is 6.77. The molecule has 0 aliphatic heterocycles. The fourth-order valence-corrected chi connectivity index (χ4v) is 3.93. The average Bonchev–Trinajstić information content (AvgIpc) is 3.26. The van der Waals surface area contributed by atoms with Crippen molar-refractivity contribution >= 4 is 40.0 Å². The van der Waals surface area contributed by atoms with Crippen molar-refractivity contribution in [1.82, 2.24) is 25.0 Å². The normalized spacial score (nSPS) is 11.1. The Morgan fingerprint density at radius 1 is 0.967 bits per heavy atom. The molecule has 5 rings (SSSR count). The minimum absolute atomic E-state index is 0.136. The number of para-hydroxylation sites is 2. The number of hydrogen-bond donors (Lipinski definition) is 1. The molecule has 0 aliphatic carbocycles. The number of amides is 1. The fourth-order valence-electron chi connectivity index (χ4n) is 3.07. The first-order valence-corrected chi connectivity index (χ1v) is 10.1. The lowest BCUT2D eigenvalue weighted by molar-refractivity contribution is 0.102. The van der Waals surface area contributed by atoms with Crippen molar-refractivity contribution in [3.63, 3.8) is 0 Å².